The molecule has 0 amide bonds. The molecule has 27 heavy (non-hydrogen) atoms. The van der Waals surface area contributed by atoms with Crippen molar-refractivity contribution in [2.75, 3.05) is 7.11 Å². The van der Waals surface area contributed by atoms with Gasteiger partial charge in [0.1, 0.15) is 0 Å². The van der Waals surface area contributed by atoms with Crippen molar-refractivity contribution in [3.05, 3.63) is 11.6 Å². The van der Waals surface area contributed by atoms with Crippen LogP contribution in [0.15, 0.2) is 11.6 Å². The van der Waals surface area contributed by atoms with Gasteiger partial charge in [0.15, 0.2) is 5.78 Å². The Kier molecular flexibility index (Phi) is 4.59. The van der Waals surface area contributed by atoms with E-state index in [2.05, 4.69) is 20.8 Å². The molecule has 0 aliphatic heterocycles. The van der Waals surface area contributed by atoms with Crippen LogP contribution in [0.1, 0.15) is 85.0 Å². The molecule has 0 aromatic carbocycles. The van der Waals surface area contributed by atoms with Crippen LogP contribution in [0.4, 0.5) is 0 Å². The largest absolute Gasteiger partial charge is 0.469 e. The van der Waals surface area contributed by atoms with Gasteiger partial charge in [0.2, 0.25) is 0 Å². The number of ketones is 1. The van der Waals surface area contributed by atoms with E-state index in [9.17, 15) is 9.59 Å². The minimum Gasteiger partial charge on any atom is -0.469 e. The molecule has 0 bridgehead atoms. The molecule has 3 heteroatoms. The Hall–Kier alpha value is -1.12. The molecule has 6 atom stereocenters. The fourth-order valence-corrected chi connectivity index (χ4v) is 7.81. The summed E-state index contributed by atoms with van der Waals surface area (Å²) in [7, 11) is 1.50. The molecular weight excluding hydrogens is 336 g/mol. The molecule has 0 aromatic heterocycles. The molecule has 0 spiro atoms. The quantitative estimate of drug-likeness (QED) is 0.616. The fraction of sp³-hybridized carbons (Fsp3) is 0.833. The van der Waals surface area contributed by atoms with E-state index in [0.717, 1.165) is 43.4 Å². The van der Waals surface area contributed by atoms with Gasteiger partial charge in [0.25, 0.3) is 0 Å². The van der Waals surface area contributed by atoms with Crippen molar-refractivity contribution in [3.8, 4) is 0 Å². The molecule has 0 radical (unpaired) electrons. The van der Waals surface area contributed by atoms with Crippen LogP contribution in [-0.4, -0.2) is 18.9 Å². The number of carbonyl (C=O) groups excluding carboxylic acids is 2. The summed E-state index contributed by atoms with van der Waals surface area (Å²) in [6.07, 6.45) is 12.8. The maximum Gasteiger partial charge on any atom is 0.305 e. The van der Waals surface area contributed by atoms with E-state index < -0.39 is 0 Å². The van der Waals surface area contributed by atoms with Gasteiger partial charge >= 0.3 is 5.97 Å². The number of methoxy groups -OCH3 is 1. The topological polar surface area (TPSA) is 43.4 Å². The molecule has 0 heterocycles. The minimum atomic E-state index is -0.0659. The summed E-state index contributed by atoms with van der Waals surface area (Å²) in [4.78, 5) is 23.7. The molecule has 0 saturated heterocycles. The molecule has 4 rings (SSSR count). The maximum absolute atomic E-state index is 12.0. The lowest BCUT2D eigenvalue weighted by atomic mass is 9.45. The zero-order valence-corrected chi connectivity index (χ0v) is 17.6. The van der Waals surface area contributed by atoms with Crippen LogP contribution in [0.2, 0.25) is 0 Å². The Bertz CT molecular complexity index is 679. The lowest BCUT2D eigenvalue weighted by molar-refractivity contribution is -0.142. The highest BCUT2D eigenvalue weighted by Crippen LogP contribution is 2.70. The van der Waals surface area contributed by atoms with E-state index in [1.165, 1.54) is 44.8 Å². The van der Waals surface area contributed by atoms with Crippen molar-refractivity contribution in [2.24, 2.45) is 34.0 Å². The van der Waals surface area contributed by atoms with Crippen LogP contribution < -0.4 is 0 Å². The number of allylic oxidation sites excluding steroid dienone is 1. The molecule has 3 unspecified atom stereocenters. The summed E-state index contributed by atoms with van der Waals surface area (Å²) in [6, 6.07) is 0. The summed E-state index contributed by atoms with van der Waals surface area (Å²) >= 11 is 0. The molecule has 4 aliphatic carbocycles. The van der Waals surface area contributed by atoms with E-state index >= 15 is 0 Å². The number of ether oxygens (including phenoxy) is 1. The lowest BCUT2D eigenvalue weighted by Crippen LogP contribution is -2.52. The van der Waals surface area contributed by atoms with Crippen LogP contribution in [0.25, 0.3) is 0 Å². The van der Waals surface area contributed by atoms with Crippen LogP contribution in [0.3, 0.4) is 0 Å². The Labute approximate surface area is 164 Å². The summed E-state index contributed by atoms with van der Waals surface area (Å²) in [5, 5.41) is 0. The van der Waals surface area contributed by atoms with Gasteiger partial charge in [-0.05, 0) is 91.4 Å². The molecule has 0 aromatic rings. The van der Waals surface area contributed by atoms with E-state index in [0.29, 0.717) is 17.6 Å². The van der Waals surface area contributed by atoms with Gasteiger partial charge in [-0.1, -0.05) is 26.3 Å². The molecular formula is C24H36O3. The third kappa shape index (κ3) is 2.75. The first kappa shape index (κ1) is 19.2. The summed E-state index contributed by atoms with van der Waals surface area (Å²) < 4.78 is 4.92. The third-order valence-electron chi connectivity index (χ3n) is 9.85. The first-order chi connectivity index (χ1) is 12.7. The predicted molar refractivity (Wildman–Crippen MR) is 106 cm³/mol. The molecule has 3 nitrogen and oxygen atoms in total. The molecule has 4 aliphatic rings. The minimum absolute atomic E-state index is 0.0659. The van der Waals surface area contributed by atoms with Gasteiger partial charge < -0.3 is 4.74 Å². The van der Waals surface area contributed by atoms with E-state index in [1.807, 2.05) is 6.08 Å². The van der Waals surface area contributed by atoms with Crippen LogP contribution in [-0.2, 0) is 14.3 Å². The van der Waals surface area contributed by atoms with Crippen LogP contribution in [0, 0.1) is 34.0 Å². The number of hydrogen-bond donors (Lipinski definition) is 0. The van der Waals surface area contributed by atoms with Gasteiger partial charge in [-0.25, -0.2) is 0 Å². The highest BCUT2D eigenvalue weighted by molar-refractivity contribution is 5.91. The Morgan fingerprint density at radius 1 is 1.07 bits per heavy atom. The van der Waals surface area contributed by atoms with E-state index in [-0.39, 0.29) is 16.8 Å². The van der Waals surface area contributed by atoms with Crippen molar-refractivity contribution >= 4 is 11.8 Å². The standard InChI is InChI=1S/C24H36O3/c1-22(12-10-21(26)27-4)11-8-20-18-6-5-16-15-17(25)7-13-23(16,2)19(18)9-14-24(20,22)3/h15,18-20H,5-14H2,1-4H3/t18?,19?,20?,22-,23-,24-/m0/s1. The monoisotopic (exact) mass is 372 g/mol. The number of esters is 1. The van der Waals surface area contributed by atoms with Crippen molar-refractivity contribution in [3.63, 3.8) is 0 Å². The Morgan fingerprint density at radius 2 is 1.81 bits per heavy atom. The van der Waals surface area contributed by atoms with Crippen molar-refractivity contribution in [1.29, 1.82) is 0 Å². The first-order valence-electron chi connectivity index (χ1n) is 11.0. The van der Waals surface area contributed by atoms with E-state index in [4.69, 9.17) is 4.74 Å². The maximum atomic E-state index is 12.0. The lowest BCUT2D eigenvalue weighted by Gasteiger charge is -2.59. The smallest absolute Gasteiger partial charge is 0.305 e. The summed E-state index contributed by atoms with van der Waals surface area (Å²) in [5.74, 6) is 2.59. The third-order valence-corrected chi connectivity index (χ3v) is 9.85. The number of rotatable bonds is 3. The first-order valence-corrected chi connectivity index (χ1v) is 11.0. The van der Waals surface area contributed by atoms with E-state index in [1.54, 1.807) is 0 Å². The SMILES string of the molecule is COC(=O)CC[C@]1(C)CCC2C3CCC4=CC(=O)CC[C@]4(C)C3CC[C@@]21C. The van der Waals surface area contributed by atoms with Gasteiger partial charge in [0.05, 0.1) is 7.11 Å². The zero-order chi connectivity index (χ0) is 19.4. The normalized spacial score (nSPS) is 46.1. The number of hydrogen-bond acceptors (Lipinski definition) is 3. The molecule has 0 N–H and O–H groups in total. The Balaban J connectivity index is 1.58. The number of fused-ring (bicyclic) bond motifs is 5. The summed E-state index contributed by atoms with van der Waals surface area (Å²) in [5.41, 5.74) is 2.29. The second-order valence-electron chi connectivity index (χ2n) is 10.6. The highest BCUT2D eigenvalue weighted by atomic mass is 16.5. The van der Waals surface area contributed by atoms with Crippen LogP contribution >= 0.6 is 0 Å². The van der Waals surface area contributed by atoms with Crippen molar-refractivity contribution in [1.82, 2.24) is 0 Å². The van der Waals surface area contributed by atoms with Crippen molar-refractivity contribution in [2.45, 2.75) is 85.0 Å². The molecule has 3 fully saturated rings. The molecule has 3 saturated carbocycles. The second-order valence-corrected chi connectivity index (χ2v) is 10.6. The van der Waals surface area contributed by atoms with Gasteiger partial charge in [-0.2, -0.15) is 0 Å². The van der Waals surface area contributed by atoms with Crippen molar-refractivity contribution < 1.29 is 14.3 Å². The fourth-order valence-electron chi connectivity index (χ4n) is 7.81. The highest BCUT2D eigenvalue weighted by Gasteiger charge is 2.62. The van der Waals surface area contributed by atoms with Crippen LogP contribution in [0.5, 0.6) is 0 Å². The average molecular weight is 373 g/mol. The molecule has 150 valence electrons. The van der Waals surface area contributed by atoms with Gasteiger partial charge in [-0.3, -0.25) is 9.59 Å². The number of carbonyl (C=O) groups is 2. The van der Waals surface area contributed by atoms with Gasteiger partial charge in [-0.15, -0.1) is 0 Å². The Morgan fingerprint density at radius 3 is 2.56 bits per heavy atom. The second kappa shape index (κ2) is 6.46. The average Bonchev–Trinajstić information content (AvgIpc) is 2.92. The summed E-state index contributed by atoms with van der Waals surface area (Å²) in [6.45, 7) is 7.41. The van der Waals surface area contributed by atoms with Gasteiger partial charge in [0, 0.05) is 12.8 Å². The predicted octanol–water partition coefficient (Wildman–Crippen LogP) is 5.48. The zero-order valence-electron chi connectivity index (χ0n) is 17.6.